The molecule has 0 aliphatic rings. The van der Waals surface area contributed by atoms with E-state index in [-0.39, 0.29) is 0 Å². The second kappa shape index (κ2) is 10.1. The number of aromatic nitrogens is 1. The number of hydrogen-bond acceptors (Lipinski definition) is 3. The van der Waals surface area contributed by atoms with Crippen LogP contribution in [0, 0.1) is 11.8 Å². The summed E-state index contributed by atoms with van der Waals surface area (Å²) in [4.78, 5) is 9.04. The van der Waals surface area contributed by atoms with Crippen molar-refractivity contribution in [3.8, 4) is 11.8 Å². The number of guanidine groups is 1. The van der Waals surface area contributed by atoms with E-state index in [2.05, 4.69) is 46.3 Å². The van der Waals surface area contributed by atoms with E-state index in [1.165, 1.54) is 12.1 Å². The summed E-state index contributed by atoms with van der Waals surface area (Å²) in [5.74, 6) is 6.73. The Hall–Kier alpha value is -2.53. The molecule has 2 aromatic rings. The Kier molecular flexibility index (Phi) is 7.88. The molecule has 0 saturated heterocycles. The first-order valence-corrected chi connectivity index (χ1v) is 9.80. The van der Waals surface area contributed by atoms with Gasteiger partial charge in [-0.25, -0.2) is 9.98 Å². The van der Waals surface area contributed by atoms with Gasteiger partial charge in [0.2, 0.25) is 0 Å². The van der Waals surface area contributed by atoms with E-state index in [0.717, 1.165) is 22.8 Å². The lowest BCUT2D eigenvalue weighted by Gasteiger charge is -2.08. The molecule has 28 heavy (non-hydrogen) atoms. The van der Waals surface area contributed by atoms with Gasteiger partial charge in [0.1, 0.15) is 5.01 Å². The third kappa shape index (κ3) is 6.89. The lowest BCUT2D eigenvalue weighted by Crippen LogP contribution is -2.37. The van der Waals surface area contributed by atoms with Crippen LogP contribution >= 0.6 is 11.3 Å². The van der Waals surface area contributed by atoms with E-state index in [4.69, 9.17) is 0 Å². The lowest BCUT2D eigenvalue weighted by atomic mass is 10.1. The minimum Gasteiger partial charge on any atom is -0.357 e. The molecule has 2 rings (SSSR count). The van der Waals surface area contributed by atoms with Gasteiger partial charge in [0.05, 0.1) is 24.3 Å². The molecule has 0 radical (unpaired) electrons. The van der Waals surface area contributed by atoms with Crippen LogP contribution in [-0.2, 0) is 12.7 Å². The summed E-state index contributed by atoms with van der Waals surface area (Å²) in [6.45, 7) is 7.66. The highest BCUT2D eigenvalue weighted by Crippen LogP contribution is 2.28. The highest BCUT2D eigenvalue weighted by atomic mass is 32.1. The Labute approximate surface area is 167 Å². The first-order valence-electron chi connectivity index (χ1n) is 8.92. The normalized spacial score (nSPS) is 11.9. The average Bonchev–Trinajstić information content (AvgIpc) is 3.12. The van der Waals surface area contributed by atoms with Crippen molar-refractivity contribution in [2.45, 2.75) is 39.4 Å². The molecule has 150 valence electrons. The predicted octanol–water partition coefficient (Wildman–Crippen LogP) is 4.39. The molecule has 8 heteroatoms. The van der Waals surface area contributed by atoms with Crippen molar-refractivity contribution >= 4 is 17.3 Å². The van der Waals surface area contributed by atoms with Crippen LogP contribution < -0.4 is 10.6 Å². The molecule has 1 aromatic carbocycles. The van der Waals surface area contributed by atoms with Gasteiger partial charge < -0.3 is 10.6 Å². The fraction of sp³-hybridized carbons (Fsp3) is 0.400. The molecular weight excluding hydrogens is 385 g/mol. The van der Waals surface area contributed by atoms with Crippen LogP contribution in [0.2, 0.25) is 0 Å². The first-order chi connectivity index (χ1) is 13.3. The maximum absolute atomic E-state index is 12.6. The number of nitrogens with zero attached hydrogens (tertiary/aromatic N) is 2. The Balaban J connectivity index is 1.91. The fourth-order valence-corrected chi connectivity index (χ4v) is 3.05. The number of alkyl halides is 3. The molecule has 0 aliphatic heterocycles. The van der Waals surface area contributed by atoms with Crippen LogP contribution in [-0.4, -0.2) is 24.0 Å². The first kappa shape index (κ1) is 21.8. The second-order valence-electron chi connectivity index (χ2n) is 6.25. The molecule has 0 spiro atoms. The topological polar surface area (TPSA) is 49.3 Å². The summed E-state index contributed by atoms with van der Waals surface area (Å²) < 4.78 is 37.7. The third-order valence-corrected chi connectivity index (χ3v) is 4.52. The number of halogens is 3. The number of benzene rings is 1. The molecule has 0 saturated carbocycles. The van der Waals surface area contributed by atoms with Crippen LogP contribution in [0.3, 0.4) is 0 Å². The fourth-order valence-electron chi connectivity index (χ4n) is 2.17. The summed E-state index contributed by atoms with van der Waals surface area (Å²) in [5.41, 5.74) is 0.914. The maximum atomic E-state index is 12.6. The molecule has 1 aromatic heterocycles. The third-order valence-electron chi connectivity index (χ3n) is 3.67. The van der Waals surface area contributed by atoms with Gasteiger partial charge >= 0.3 is 6.18 Å². The van der Waals surface area contributed by atoms with Crippen LogP contribution in [0.5, 0.6) is 0 Å². The van der Waals surface area contributed by atoms with Crippen LogP contribution in [0.25, 0.3) is 0 Å². The van der Waals surface area contributed by atoms with E-state index in [9.17, 15) is 13.2 Å². The molecule has 0 amide bonds. The molecular formula is C20H23F3N4S. The summed E-state index contributed by atoms with van der Waals surface area (Å²) >= 11 is 1.58. The van der Waals surface area contributed by atoms with Crippen molar-refractivity contribution < 1.29 is 13.2 Å². The van der Waals surface area contributed by atoms with Gasteiger partial charge in [0, 0.05) is 17.5 Å². The van der Waals surface area contributed by atoms with E-state index in [1.807, 2.05) is 12.3 Å². The molecule has 1 heterocycles. The van der Waals surface area contributed by atoms with Gasteiger partial charge in [0.25, 0.3) is 0 Å². The van der Waals surface area contributed by atoms with Gasteiger partial charge in [-0.15, -0.1) is 11.3 Å². The van der Waals surface area contributed by atoms with E-state index in [1.54, 1.807) is 11.3 Å². The molecule has 0 fully saturated rings. The summed E-state index contributed by atoms with van der Waals surface area (Å²) in [6, 6.07) is 4.79. The number of rotatable bonds is 5. The van der Waals surface area contributed by atoms with Gasteiger partial charge in [-0.1, -0.05) is 25.7 Å². The Morgan fingerprint density at radius 2 is 1.93 bits per heavy atom. The van der Waals surface area contributed by atoms with Crippen LogP contribution in [0.15, 0.2) is 34.6 Å². The highest BCUT2D eigenvalue weighted by Gasteiger charge is 2.29. The van der Waals surface area contributed by atoms with Crippen LogP contribution in [0.1, 0.15) is 48.5 Å². The SMILES string of the molecule is CCNC(=NCc1nc(C(C)C)cs1)NCC#Cc1ccc(C(F)(F)F)cc1. The molecule has 0 unspecified atom stereocenters. The standard InChI is InChI=1S/C20H23F3N4S/c1-4-24-19(26-12-18-27-17(13-28-18)14(2)3)25-11-5-6-15-7-9-16(10-8-15)20(21,22)23/h7-10,13-14H,4,11-12H2,1-3H3,(H2,24,25,26). The van der Waals surface area contributed by atoms with E-state index < -0.39 is 11.7 Å². The molecule has 0 aliphatic carbocycles. The van der Waals surface area contributed by atoms with E-state index in [0.29, 0.717) is 37.1 Å². The second-order valence-corrected chi connectivity index (χ2v) is 7.19. The minimum atomic E-state index is -4.34. The lowest BCUT2D eigenvalue weighted by molar-refractivity contribution is -0.137. The number of nitrogens with one attached hydrogen (secondary N) is 2. The Morgan fingerprint density at radius 3 is 2.50 bits per heavy atom. The monoisotopic (exact) mass is 408 g/mol. The predicted molar refractivity (Wildman–Crippen MR) is 107 cm³/mol. The van der Waals surface area contributed by atoms with Gasteiger partial charge in [-0.05, 0) is 37.1 Å². The zero-order valence-corrected chi connectivity index (χ0v) is 16.8. The van der Waals surface area contributed by atoms with Crippen molar-refractivity contribution in [3.63, 3.8) is 0 Å². The van der Waals surface area contributed by atoms with E-state index >= 15 is 0 Å². The minimum absolute atomic E-state index is 0.321. The summed E-state index contributed by atoms with van der Waals surface area (Å²) in [7, 11) is 0. The molecule has 2 N–H and O–H groups in total. The maximum Gasteiger partial charge on any atom is 0.416 e. The quantitative estimate of drug-likeness (QED) is 0.438. The van der Waals surface area contributed by atoms with Crippen molar-refractivity contribution in [1.29, 1.82) is 0 Å². The van der Waals surface area contributed by atoms with Gasteiger partial charge in [-0.2, -0.15) is 13.2 Å². The highest BCUT2D eigenvalue weighted by molar-refractivity contribution is 7.09. The molecule has 0 bridgehead atoms. The van der Waals surface area contributed by atoms with Crippen molar-refractivity contribution in [1.82, 2.24) is 15.6 Å². The zero-order chi connectivity index (χ0) is 20.6. The van der Waals surface area contributed by atoms with Gasteiger partial charge in [-0.3, -0.25) is 0 Å². The van der Waals surface area contributed by atoms with Crippen molar-refractivity contribution in [3.05, 3.63) is 51.5 Å². The summed E-state index contributed by atoms with van der Waals surface area (Å²) in [5, 5.41) is 9.21. The zero-order valence-electron chi connectivity index (χ0n) is 16.0. The van der Waals surface area contributed by atoms with Gasteiger partial charge in [0.15, 0.2) is 5.96 Å². The number of hydrogen-bond donors (Lipinski definition) is 2. The Morgan fingerprint density at radius 1 is 1.21 bits per heavy atom. The number of thiazole rings is 1. The number of aliphatic imine (C=N–C) groups is 1. The van der Waals surface area contributed by atoms with Crippen molar-refractivity contribution in [2.24, 2.45) is 4.99 Å². The Bertz CT molecular complexity index is 843. The molecule has 0 atom stereocenters. The van der Waals surface area contributed by atoms with Crippen LogP contribution in [0.4, 0.5) is 13.2 Å². The average molecular weight is 408 g/mol. The van der Waals surface area contributed by atoms with Crippen molar-refractivity contribution in [2.75, 3.05) is 13.1 Å². The smallest absolute Gasteiger partial charge is 0.357 e. The summed E-state index contributed by atoms with van der Waals surface area (Å²) in [6.07, 6.45) is -4.34. The largest absolute Gasteiger partial charge is 0.416 e. The molecule has 4 nitrogen and oxygen atoms in total.